The van der Waals surface area contributed by atoms with Crippen LogP contribution >= 0.6 is 24.0 Å². The average Bonchev–Trinajstić information content (AvgIpc) is 3.58. The highest BCUT2D eigenvalue weighted by molar-refractivity contribution is 7.98. The zero-order valence-corrected chi connectivity index (χ0v) is 18.3. The highest BCUT2D eigenvalue weighted by Gasteiger charge is 2.51. The van der Waals surface area contributed by atoms with Crippen LogP contribution < -0.4 is 5.32 Å². The van der Waals surface area contributed by atoms with Crippen molar-refractivity contribution in [3.63, 3.8) is 0 Å². The Balaban J connectivity index is 1.20. The molecule has 10 nitrogen and oxygen atoms in total. The monoisotopic (exact) mass is 470 g/mol. The number of fused-ring (bicyclic) bond motifs is 1. The molecule has 164 valence electrons. The molecular weight excluding hydrogens is 452 g/mol. The number of nitriles is 1. The summed E-state index contributed by atoms with van der Waals surface area (Å²) in [6, 6.07) is 12.7. The first-order chi connectivity index (χ1) is 15.7. The van der Waals surface area contributed by atoms with E-state index in [1.54, 1.807) is 29.1 Å². The van der Waals surface area contributed by atoms with Crippen molar-refractivity contribution in [1.29, 1.82) is 5.26 Å². The number of aromatic nitrogens is 4. The Morgan fingerprint density at radius 1 is 1.28 bits per heavy atom. The van der Waals surface area contributed by atoms with E-state index in [2.05, 4.69) is 26.9 Å². The lowest BCUT2D eigenvalue weighted by molar-refractivity contribution is 0.0253. The maximum atomic E-state index is 9.04. The molecule has 0 saturated carbocycles. The van der Waals surface area contributed by atoms with Gasteiger partial charge in [0.1, 0.15) is 24.0 Å². The van der Waals surface area contributed by atoms with Crippen LogP contribution in [0.1, 0.15) is 17.4 Å². The van der Waals surface area contributed by atoms with Crippen LogP contribution in [0.15, 0.2) is 52.2 Å². The van der Waals surface area contributed by atoms with Gasteiger partial charge in [-0.3, -0.25) is 0 Å². The van der Waals surface area contributed by atoms with Crippen molar-refractivity contribution in [2.45, 2.75) is 35.3 Å². The second-order valence-electron chi connectivity index (χ2n) is 7.20. The van der Waals surface area contributed by atoms with Crippen LogP contribution in [-0.2, 0) is 20.0 Å². The topological polar surface area (TPSA) is 120 Å². The second-order valence-corrected chi connectivity index (χ2v) is 8.51. The lowest BCUT2D eigenvalue weighted by atomic mass is 10.1. The fraction of sp³-hybridized carbons (Fsp3) is 0.350. The van der Waals surface area contributed by atoms with Crippen molar-refractivity contribution in [3.8, 4) is 6.07 Å². The van der Waals surface area contributed by atoms with Gasteiger partial charge in [0.2, 0.25) is 5.16 Å². The molecule has 2 aliphatic rings. The quantitative estimate of drug-likeness (QED) is 0.423. The summed E-state index contributed by atoms with van der Waals surface area (Å²) < 4.78 is 25.0. The van der Waals surface area contributed by atoms with E-state index < -0.39 is 0 Å². The first-order valence-electron chi connectivity index (χ1n) is 9.85. The Hall–Kier alpha value is -2.98. The van der Waals surface area contributed by atoms with Crippen LogP contribution in [0.4, 0.5) is 5.69 Å². The number of tetrazole rings is 1. The number of nitrogens with one attached hydrogen (secondary N) is 1. The largest absolute Gasteiger partial charge is 0.468 e. The molecule has 4 atom stereocenters. The third-order valence-electron chi connectivity index (χ3n) is 5.18. The minimum Gasteiger partial charge on any atom is -0.468 e. The SMILES string of the molecule is N#Cc1cccc(NC(=S)O[C@H]2CO[C@@H]3[C@@H]2OC[C@@H]3n2nnnc2SCc2ccco2)c1. The molecule has 32 heavy (non-hydrogen) atoms. The van der Waals surface area contributed by atoms with Gasteiger partial charge in [0, 0.05) is 5.69 Å². The summed E-state index contributed by atoms with van der Waals surface area (Å²) in [6.07, 6.45) is 0.730. The molecule has 0 bridgehead atoms. The van der Waals surface area contributed by atoms with E-state index in [0.29, 0.717) is 35.4 Å². The van der Waals surface area contributed by atoms with Crippen LogP contribution in [0.25, 0.3) is 0 Å². The molecule has 2 aliphatic heterocycles. The van der Waals surface area contributed by atoms with Gasteiger partial charge in [-0.2, -0.15) is 5.26 Å². The van der Waals surface area contributed by atoms with Crippen LogP contribution in [0.3, 0.4) is 0 Å². The van der Waals surface area contributed by atoms with Crippen LogP contribution in [0.2, 0.25) is 0 Å². The first-order valence-corrected chi connectivity index (χ1v) is 11.2. The van der Waals surface area contributed by atoms with Gasteiger partial charge in [0.15, 0.2) is 6.10 Å². The molecule has 0 unspecified atom stereocenters. The van der Waals surface area contributed by atoms with E-state index in [9.17, 15) is 0 Å². The number of furan rings is 1. The summed E-state index contributed by atoms with van der Waals surface area (Å²) in [5.41, 5.74) is 1.22. The van der Waals surface area contributed by atoms with E-state index in [4.69, 9.17) is 36.1 Å². The molecule has 3 aromatic rings. The third kappa shape index (κ3) is 4.33. The van der Waals surface area contributed by atoms with Crippen molar-refractivity contribution < 1.29 is 18.6 Å². The van der Waals surface area contributed by atoms with Crippen molar-refractivity contribution >= 4 is 34.8 Å². The predicted molar refractivity (Wildman–Crippen MR) is 117 cm³/mol. The number of anilines is 1. The smallest absolute Gasteiger partial charge is 0.261 e. The van der Waals surface area contributed by atoms with Gasteiger partial charge in [0.05, 0.1) is 36.9 Å². The molecule has 5 rings (SSSR count). The molecule has 2 aromatic heterocycles. The molecule has 1 aromatic carbocycles. The molecule has 12 heteroatoms. The summed E-state index contributed by atoms with van der Waals surface area (Å²) in [5, 5.41) is 25.0. The van der Waals surface area contributed by atoms with Gasteiger partial charge in [-0.05, 0) is 53.0 Å². The Morgan fingerprint density at radius 2 is 2.19 bits per heavy atom. The highest BCUT2D eigenvalue weighted by Crippen LogP contribution is 2.37. The first kappa shape index (κ1) is 20.9. The maximum absolute atomic E-state index is 9.04. The fourth-order valence-corrected chi connectivity index (χ4v) is 4.80. The van der Waals surface area contributed by atoms with E-state index in [1.807, 2.05) is 18.2 Å². The van der Waals surface area contributed by atoms with Gasteiger partial charge < -0.3 is 23.9 Å². The lowest BCUT2D eigenvalue weighted by Gasteiger charge is -2.19. The van der Waals surface area contributed by atoms with Crippen LogP contribution in [0.5, 0.6) is 0 Å². The average molecular weight is 471 g/mol. The summed E-state index contributed by atoms with van der Waals surface area (Å²) in [6.45, 7) is 0.738. The third-order valence-corrected chi connectivity index (χ3v) is 6.33. The van der Waals surface area contributed by atoms with E-state index in [0.717, 1.165) is 5.76 Å². The molecule has 0 radical (unpaired) electrons. The fourth-order valence-electron chi connectivity index (χ4n) is 3.73. The summed E-state index contributed by atoms with van der Waals surface area (Å²) in [4.78, 5) is 0. The number of thioether (sulfide) groups is 1. The van der Waals surface area contributed by atoms with Crippen molar-refractivity contribution in [2.75, 3.05) is 18.5 Å². The predicted octanol–water partition coefficient (Wildman–Crippen LogP) is 2.55. The Labute approximate surface area is 192 Å². The standard InChI is InChI=1S/C20H18N6O4S2/c21-8-12-3-1-4-13(7-12)22-20(31)30-16-10-29-17-15(9-28-18(16)17)26-19(23-24-25-26)32-11-14-5-2-6-27-14/h1-7,15-18H,9-11H2,(H,22,31)/t15-,16-,17-,18+/m0/s1. The number of thiocarbonyl (C=S) groups is 1. The summed E-state index contributed by atoms with van der Waals surface area (Å²) in [5.74, 6) is 1.46. The van der Waals surface area contributed by atoms with E-state index >= 15 is 0 Å². The van der Waals surface area contributed by atoms with Crippen molar-refractivity contribution in [2.24, 2.45) is 0 Å². The molecule has 2 fully saturated rings. The van der Waals surface area contributed by atoms with Gasteiger partial charge in [-0.1, -0.05) is 17.8 Å². The number of hydrogen-bond donors (Lipinski definition) is 1. The van der Waals surface area contributed by atoms with Gasteiger partial charge in [0.25, 0.3) is 5.17 Å². The number of benzene rings is 1. The van der Waals surface area contributed by atoms with E-state index in [1.165, 1.54) is 11.8 Å². The summed E-state index contributed by atoms with van der Waals surface area (Å²) in [7, 11) is 0. The number of rotatable bonds is 6. The molecule has 1 N–H and O–H groups in total. The van der Waals surface area contributed by atoms with Crippen LogP contribution in [-0.4, -0.2) is 56.9 Å². The van der Waals surface area contributed by atoms with Crippen molar-refractivity contribution in [1.82, 2.24) is 20.2 Å². The molecule has 4 heterocycles. The Kier molecular flexibility index (Phi) is 6.04. The second kappa shape index (κ2) is 9.25. The molecule has 0 amide bonds. The minimum absolute atomic E-state index is 0.170. The number of ether oxygens (including phenoxy) is 3. The summed E-state index contributed by atoms with van der Waals surface area (Å²) >= 11 is 6.82. The van der Waals surface area contributed by atoms with Crippen molar-refractivity contribution in [3.05, 3.63) is 54.0 Å². The zero-order chi connectivity index (χ0) is 21.9. The molecule has 2 saturated heterocycles. The van der Waals surface area contributed by atoms with Crippen LogP contribution in [0, 0.1) is 11.3 Å². The molecule has 0 aliphatic carbocycles. The number of hydrogen-bond acceptors (Lipinski definition) is 10. The minimum atomic E-state index is -0.361. The maximum Gasteiger partial charge on any atom is 0.261 e. The molecular formula is C20H18N6O4S2. The Morgan fingerprint density at radius 3 is 3.03 bits per heavy atom. The Bertz CT molecular complexity index is 1130. The highest BCUT2D eigenvalue weighted by atomic mass is 32.2. The van der Waals surface area contributed by atoms with Gasteiger partial charge >= 0.3 is 0 Å². The normalized spacial score (nSPS) is 24.1. The van der Waals surface area contributed by atoms with Gasteiger partial charge in [-0.15, -0.1) is 5.10 Å². The lowest BCUT2D eigenvalue weighted by Crippen LogP contribution is -2.35. The van der Waals surface area contributed by atoms with E-state index in [-0.39, 0.29) is 29.5 Å². The zero-order valence-electron chi connectivity index (χ0n) is 16.7. The number of nitrogens with zero attached hydrogens (tertiary/aromatic N) is 5. The molecule has 0 spiro atoms. The van der Waals surface area contributed by atoms with Gasteiger partial charge in [-0.25, -0.2) is 4.68 Å².